The Hall–Kier alpha value is -2.49. The van der Waals surface area contributed by atoms with Gasteiger partial charge in [0.15, 0.2) is 0 Å². The number of hydrogen-bond donors (Lipinski definition) is 0. The van der Waals surface area contributed by atoms with E-state index in [1.807, 2.05) is 18.2 Å². The molecule has 0 saturated heterocycles. The van der Waals surface area contributed by atoms with E-state index in [0.717, 1.165) is 40.9 Å². The summed E-state index contributed by atoms with van der Waals surface area (Å²) in [5, 5.41) is 9.95. The van der Waals surface area contributed by atoms with E-state index in [1.54, 1.807) is 29.1 Å². The highest BCUT2D eigenvalue weighted by atomic mass is 32.1. The lowest BCUT2D eigenvalue weighted by molar-refractivity contribution is 0.199. The summed E-state index contributed by atoms with van der Waals surface area (Å²) in [6.45, 7) is 0.933. The second-order valence-corrected chi connectivity index (χ2v) is 7.95. The SMILES string of the molecule is COCCc1nc2sc3c(c2c(=O)n1Cc1cccc(C#N)c1)CCCC3. The third-order valence-corrected chi connectivity index (χ3v) is 6.27. The summed E-state index contributed by atoms with van der Waals surface area (Å²) in [7, 11) is 1.65. The molecule has 2 heterocycles. The molecule has 0 saturated carbocycles. The van der Waals surface area contributed by atoms with Crippen LogP contribution in [0.25, 0.3) is 10.2 Å². The van der Waals surface area contributed by atoms with Gasteiger partial charge in [0, 0.05) is 18.4 Å². The summed E-state index contributed by atoms with van der Waals surface area (Å²) in [6, 6.07) is 9.57. The fourth-order valence-electron chi connectivity index (χ4n) is 3.75. The molecule has 2 aromatic heterocycles. The summed E-state index contributed by atoms with van der Waals surface area (Å²) in [6.07, 6.45) is 4.92. The van der Waals surface area contributed by atoms with Gasteiger partial charge in [-0.1, -0.05) is 12.1 Å². The fraction of sp³-hybridized carbons (Fsp3) is 0.381. The highest BCUT2D eigenvalue weighted by molar-refractivity contribution is 7.18. The number of nitrogens with zero attached hydrogens (tertiary/aromatic N) is 3. The summed E-state index contributed by atoms with van der Waals surface area (Å²) < 4.78 is 6.99. The van der Waals surface area contributed by atoms with Crippen molar-refractivity contribution in [3.8, 4) is 6.07 Å². The predicted octanol–water partition coefficient (Wildman–Crippen LogP) is 3.45. The van der Waals surface area contributed by atoms with E-state index in [4.69, 9.17) is 15.0 Å². The van der Waals surface area contributed by atoms with Gasteiger partial charge in [-0.15, -0.1) is 11.3 Å². The monoisotopic (exact) mass is 379 g/mol. The van der Waals surface area contributed by atoms with Crippen LogP contribution in [0.4, 0.5) is 0 Å². The van der Waals surface area contributed by atoms with Gasteiger partial charge in [-0.05, 0) is 48.9 Å². The van der Waals surface area contributed by atoms with E-state index >= 15 is 0 Å². The Balaban J connectivity index is 1.86. The largest absolute Gasteiger partial charge is 0.384 e. The number of ether oxygens (including phenoxy) is 1. The normalized spacial score (nSPS) is 13.5. The van der Waals surface area contributed by atoms with E-state index in [9.17, 15) is 4.79 Å². The first-order valence-corrected chi connectivity index (χ1v) is 10.0. The maximum absolute atomic E-state index is 13.4. The quantitative estimate of drug-likeness (QED) is 0.681. The van der Waals surface area contributed by atoms with Gasteiger partial charge >= 0.3 is 0 Å². The second-order valence-electron chi connectivity index (χ2n) is 6.87. The Morgan fingerprint density at radius 2 is 2.19 bits per heavy atom. The van der Waals surface area contributed by atoms with E-state index in [0.29, 0.717) is 25.1 Å². The molecule has 1 aromatic carbocycles. The van der Waals surface area contributed by atoms with Gasteiger partial charge in [0.1, 0.15) is 10.7 Å². The first-order valence-electron chi connectivity index (χ1n) is 9.23. The van der Waals surface area contributed by atoms with Crippen molar-refractivity contribution in [2.45, 2.75) is 38.6 Å². The zero-order valence-corrected chi connectivity index (χ0v) is 16.1. The summed E-state index contributed by atoms with van der Waals surface area (Å²) in [5.74, 6) is 0.746. The lowest BCUT2D eigenvalue weighted by atomic mass is 9.97. The van der Waals surface area contributed by atoms with Crippen LogP contribution in [0, 0.1) is 11.3 Å². The minimum absolute atomic E-state index is 0.0351. The van der Waals surface area contributed by atoms with Gasteiger partial charge in [0.2, 0.25) is 0 Å². The molecule has 0 atom stereocenters. The Morgan fingerprint density at radius 1 is 1.33 bits per heavy atom. The molecule has 27 heavy (non-hydrogen) atoms. The van der Waals surface area contributed by atoms with Crippen molar-refractivity contribution in [3.05, 3.63) is 62.0 Å². The van der Waals surface area contributed by atoms with Crippen molar-refractivity contribution in [1.82, 2.24) is 9.55 Å². The van der Waals surface area contributed by atoms with Gasteiger partial charge in [0.05, 0.1) is 30.2 Å². The molecule has 0 aliphatic heterocycles. The molecule has 0 amide bonds. The molecule has 0 radical (unpaired) electrons. The van der Waals surface area contributed by atoms with Crippen LogP contribution in [0.3, 0.4) is 0 Å². The van der Waals surface area contributed by atoms with E-state index in [2.05, 4.69) is 6.07 Å². The smallest absolute Gasteiger partial charge is 0.262 e. The number of hydrogen-bond acceptors (Lipinski definition) is 5. The van der Waals surface area contributed by atoms with Crippen LogP contribution in [0.5, 0.6) is 0 Å². The maximum atomic E-state index is 13.4. The zero-order valence-electron chi connectivity index (χ0n) is 15.3. The molecular weight excluding hydrogens is 358 g/mol. The third-order valence-electron chi connectivity index (χ3n) is 5.08. The molecule has 1 aliphatic carbocycles. The van der Waals surface area contributed by atoms with E-state index < -0.39 is 0 Å². The molecular formula is C21H21N3O2S. The van der Waals surface area contributed by atoms with Crippen molar-refractivity contribution in [2.75, 3.05) is 13.7 Å². The minimum Gasteiger partial charge on any atom is -0.384 e. The molecule has 1 aliphatic rings. The minimum atomic E-state index is 0.0351. The Morgan fingerprint density at radius 3 is 3.00 bits per heavy atom. The van der Waals surface area contributed by atoms with Crippen molar-refractivity contribution in [3.63, 3.8) is 0 Å². The number of aromatic nitrogens is 2. The van der Waals surface area contributed by atoms with Gasteiger partial charge in [-0.3, -0.25) is 9.36 Å². The van der Waals surface area contributed by atoms with Crippen LogP contribution in [0.1, 0.15) is 40.2 Å². The molecule has 0 spiro atoms. The summed E-state index contributed by atoms with van der Waals surface area (Å²) in [4.78, 5) is 20.5. The van der Waals surface area contributed by atoms with Crippen molar-refractivity contribution < 1.29 is 4.74 Å². The molecule has 0 unspecified atom stereocenters. The van der Waals surface area contributed by atoms with E-state index in [-0.39, 0.29) is 5.56 Å². The predicted molar refractivity (Wildman–Crippen MR) is 106 cm³/mol. The van der Waals surface area contributed by atoms with Crippen LogP contribution in [0.15, 0.2) is 29.1 Å². The lowest BCUT2D eigenvalue weighted by Crippen LogP contribution is -2.27. The Kier molecular flexibility index (Phi) is 5.06. The highest BCUT2D eigenvalue weighted by Gasteiger charge is 2.22. The van der Waals surface area contributed by atoms with Gasteiger partial charge in [0.25, 0.3) is 5.56 Å². The molecule has 3 aromatic rings. The average Bonchev–Trinajstić information content (AvgIpc) is 3.07. The first kappa shape index (κ1) is 17.9. The lowest BCUT2D eigenvalue weighted by Gasteiger charge is -2.14. The van der Waals surface area contributed by atoms with Gasteiger partial charge < -0.3 is 4.74 Å². The Labute approximate surface area is 161 Å². The molecule has 5 nitrogen and oxygen atoms in total. The van der Waals surface area contributed by atoms with Crippen molar-refractivity contribution >= 4 is 21.6 Å². The van der Waals surface area contributed by atoms with Gasteiger partial charge in [-0.2, -0.15) is 5.26 Å². The molecule has 138 valence electrons. The molecule has 0 N–H and O–H groups in total. The number of nitriles is 1. The second kappa shape index (κ2) is 7.63. The van der Waals surface area contributed by atoms with Crippen LogP contribution in [0.2, 0.25) is 0 Å². The molecule has 0 bridgehead atoms. The molecule has 4 rings (SSSR count). The van der Waals surface area contributed by atoms with Crippen LogP contribution in [-0.4, -0.2) is 23.3 Å². The number of aryl methyl sites for hydroxylation is 2. The average molecular weight is 379 g/mol. The van der Waals surface area contributed by atoms with Crippen molar-refractivity contribution in [2.24, 2.45) is 0 Å². The highest BCUT2D eigenvalue weighted by Crippen LogP contribution is 2.33. The van der Waals surface area contributed by atoms with Crippen LogP contribution >= 0.6 is 11.3 Å². The molecule has 0 fully saturated rings. The van der Waals surface area contributed by atoms with Gasteiger partial charge in [-0.25, -0.2) is 4.98 Å². The summed E-state index contributed by atoms with van der Waals surface area (Å²) >= 11 is 1.67. The number of rotatable bonds is 5. The Bertz CT molecular complexity index is 1090. The van der Waals surface area contributed by atoms with E-state index in [1.165, 1.54) is 16.9 Å². The number of benzene rings is 1. The topological polar surface area (TPSA) is 67.9 Å². The zero-order chi connectivity index (χ0) is 18.8. The van der Waals surface area contributed by atoms with Crippen LogP contribution < -0.4 is 5.56 Å². The van der Waals surface area contributed by atoms with Crippen LogP contribution in [-0.2, 0) is 30.5 Å². The number of thiophene rings is 1. The number of methoxy groups -OCH3 is 1. The standard InChI is InChI=1S/C21H21N3O2S/c1-26-10-9-18-23-20-19(16-7-2-3-8-17(16)27-20)21(25)24(18)13-15-6-4-5-14(11-15)12-22/h4-6,11H,2-3,7-10,13H2,1H3. The molecule has 6 heteroatoms. The third kappa shape index (κ3) is 3.41. The maximum Gasteiger partial charge on any atom is 0.262 e. The summed E-state index contributed by atoms with van der Waals surface area (Å²) in [5.41, 5.74) is 2.77. The van der Waals surface area contributed by atoms with Crippen molar-refractivity contribution in [1.29, 1.82) is 5.26 Å². The first-order chi connectivity index (χ1) is 13.2. The fourth-order valence-corrected chi connectivity index (χ4v) is 5.02. The number of fused-ring (bicyclic) bond motifs is 3.